The highest BCUT2D eigenvalue weighted by atomic mass is 35.5. The van der Waals surface area contributed by atoms with E-state index in [1.165, 1.54) is 5.56 Å². The van der Waals surface area contributed by atoms with Crippen LogP contribution in [0.4, 0.5) is 0 Å². The molecular formula is C35H36ClNO3S. The largest absolute Gasteiger partial charge is 0.481 e. The zero-order valence-electron chi connectivity index (χ0n) is 23.3. The molecule has 1 aromatic heterocycles. The maximum Gasteiger partial charge on any atom is 0.303 e. The average Bonchev–Trinajstić information content (AvgIpc) is 3.74. The Morgan fingerprint density at radius 1 is 1.02 bits per heavy atom. The van der Waals surface area contributed by atoms with Crippen molar-refractivity contribution in [1.82, 2.24) is 4.98 Å². The SMILES string of the molecule is CCC(O)c1ccccc1C(CCSCC1(CC(=O)O)CC1)c1cccc(/C=C/c2ccc3ccc(Cl)cc3n2)c1. The smallest absolute Gasteiger partial charge is 0.303 e. The second-order valence-corrected chi connectivity index (χ2v) is 12.6. The Kier molecular flexibility index (Phi) is 9.49. The first-order valence-corrected chi connectivity index (χ1v) is 15.8. The maximum atomic E-state index is 11.3. The number of aliphatic hydroxyl groups excluding tert-OH is 1. The Bertz CT molecular complexity index is 1550. The number of nitrogens with zero attached hydrogens (tertiary/aromatic N) is 1. The number of carboxylic acid groups (broad SMARTS) is 1. The molecule has 6 heteroatoms. The number of carbonyl (C=O) groups is 1. The molecule has 0 radical (unpaired) electrons. The molecule has 212 valence electrons. The van der Waals surface area contributed by atoms with Gasteiger partial charge in [0.15, 0.2) is 0 Å². The Labute approximate surface area is 251 Å². The molecule has 3 aromatic carbocycles. The minimum absolute atomic E-state index is 0.0187. The van der Waals surface area contributed by atoms with E-state index < -0.39 is 12.1 Å². The second-order valence-electron chi connectivity index (χ2n) is 11.1. The van der Waals surface area contributed by atoms with Crippen LogP contribution in [0.3, 0.4) is 0 Å². The van der Waals surface area contributed by atoms with Crippen molar-refractivity contribution in [2.24, 2.45) is 5.41 Å². The summed E-state index contributed by atoms with van der Waals surface area (Å²) in [6, 6.07) is 26.6. The summed E-state index contributed by atoms with van der Waals surface area (Å²) in [5.41, 5.74) is 6.14. The molecule has 0 spiro atoms. The molecule has 2 atom stereocenters. The van der Waals surface area contributed by atoms with E-state index in [9.17, 15) is 15.0 Å². The number of hydrogen-bond acceptors (Lipinski definition) is 4. The molecule has 2 N–H and O–H groups in total. The summed E-state index contributed by atoms with van der Waals surface area (Å²) >= 11 is 8.03. The Hall–Kier alpha value is -3.12. The zero-order valence-corrected chi connectivity index (χ0v) is 24.9. The van der Waals surface area contributed by atoms with Gasteiger partial charge in [0.05, 0.1) is 23.7 Å². The van der Waals surface area contributed by atoms with E-state index in [0.717, 1.165) is 64.1 Å². The lowest BCUT2D eigenvalue weighted by Crippen LogP contribution is -2.12. The number of halogens is 1. The number of thioether (sulfide) groups is 1. The summed E-state index contributed by atoms with van der Waals surface area (Å²) < 4.78 is 0. The van der Waals surface area contributed by atoms with Gasteiger partial charge in [0.25, 0.3) is 0 Å². The van der Waals surface area contributed by atoms with Gasteiger partial charge in [-0.25, -0.2) is 4.98 Å². The molecular weight excluding hydrogens is 550 g/mol. The number of carboxylic acids is 1. The molecule has 0 saturated heterocycles. The lowest BCUT2D eigenvalue weighted by atomic mass is 9.84. The fourth-order valence-electron chi connectivity index (χ4n) is 5.47. The predicted octanol–water partition coefficient (Wildman–Crippen LogP) is 9.01. The van der Waals surface area contributed by atoms with Crippen molar-refractivity contribution in [2.45, 2.75) is 51.0 Å². The van der Waals surface area contributed by atoms with Crippen LogP contribution in [0.5, 0.6) is 0 Å². The minimum Gasteiger partial charge on any atom is -0.481 e. The first-order valence-electron chi connectivity index (χ1n) is 14.3. The van der Waals surface area contributed by atoms with Gasteiger partial charge in [-0.1, -0.05) is 85.3 Å². The third kappa shape index (κ3) is 7.59. The van der Waals surface area contributed by atoms with E-state index in [2.05, 4.69) is 48.5 Å². The van der Waals surface area contributed by atoms with E-state index >= 15 is 0 Å². The van der Waals surface area contributed by atoms with E-state index in [1.807, 2.05) is 61.2 Å². The van der Waals surface area contributed by atoms with Crippen LogP contribution < -0.4 is 0 Å². The molecule has 0 aliphatic heterocycles. The van der Waals surface area contributed by atoms with Crippen molar-refractivity contribution >= 4 is 52.4 Å². The van der Waals surface area contributed by atoms with Gasteiger partial charge < -0.3 is 10.2 Å². The van der Waals surface area contributed by atoms with Crippen molar-refractivity contribution in [3.8, 4) is 0 Å². The van der Waals surface area contributed by atoms with Gasteiger partial charge >= 0.3 is 5.97 Å². The van der Waals surface area contributed by atoms with Crippen LogP contribution in [0.2, 0.25) is 5.02 Å². The fraction of sp³-hybridized carbons (Fsp3) is 0.314. The average molecular weight is 586 g/mol. The van der Waals surface area contributed by atoms with Gasteiger partial charge in [0.2, 0.25) is 0 Å². The van der Waals surface area contributed by atoms with Gasteiger partial charge in [-0.05, 0) is 89.1 Å². The van der Waals surface area contributed by atoms with Crippen LogP contribution in [0.1, 0.15) is 79.0 Å². The molecule has 5 rings (SSSR count). The van der Waals surface area contributed by atoms with Crippen LogP contribution in [-0.2, 0) is 4.79 Å². The number of pyridine rings is 1. The molecule has 1 fully saturated rings. The van der Waals surface area contributed by atoms with E-state index in [0.29, 0.717) is 11.4 Å². The van der Waals surface area contributed by atoms with E-state index in [1.54, 1.807) is 0 Å². The maximum absolute atomic E-state index is 11.3. The Morgan fingerprint density at radius 3 is 2.56 bits per heavy atom. The van der Waals surface area contributed by atoms with Crippen LogP contribution >= 0.6 is 23.4 Å². The number of hydrogen-bond donors (Lipinski definition) is 2. The Balaban J connectivity index is 1.38. The van der Waals surface area contributed by atoms with Gasteiger partial charge in [-0.15, -0.1) is 0 Å². The summed E-state index contributed by atoms with van der Waals surface area (Å²) in [5, 5.41) is 21.9. The summed E-state index contributed by atoms with van der Waals surface area (Å²) in [5.74, 6) is 1.23. The standard InChI is InChI=1S/C35H36ClNO3S/c1-2-33(38)31-9-4-3-8-30(31)29(16-19-41-23-35(17-18-35)22-34(39)40)26-7-5-6-24(20-26)10-14-28-15-12-25-11-13-27(36)21-32(25)37-28/h3-15,20-21,29,33,38H,2,16-19,22-23H2,1H3,(H,39,40)/b14-10+. The van der Waals surface area contributed by atoms with Crippen molar-refractivity contribution in [3.05, 3.63) is 112 Å². The number of rotatable bonds is 13. The summed E-state index contributed by atoms with van der Waals surface area (Å²) in [6.45, 7) is 2.00. The highest BCUT2D eigenvalue weighted by Gasteiger charge is 2.44. The van der Waals surface area contributed by atoms with Crippen LogP contribution in [0, 0.1) is 5.41 Å². The summed E-state index contributed by atoms with van der Waals surface area (Å²) in [7, 11) is 0. The van der Waals surface area contributed by atoms with E-state index in [4.69, 9.17) is 16.6 Å². The van der Waals surface area contributed by atoms with Crippen molar-refractivity contribution < 1.29 is 15.0 Å². The normalized spacial score (nSPS) is 15.7. The molecule has 0 amide bonds. The number of fused-ring (bicyclic) bond motifs is 1. The van der Waals surface area contributed by atoms with Crippen LogP contribution in [-0.4, -0.2) is 32.7 Å². The highest BCUT2D eigenvalue weighted by Crippen LogP contribution is 2.51. The number of aliphatic carboxylic acids is 1. The van der Waals surface area contributed by atoms with Gasteiger partial charge in [-0.3, -0.25) is 4.79 Å². The summed E-state index contributed by atoms with van der Waals surface area (Å²) in [4.78, 5) is 16.0. The molecule has 4 nitrogen and oxygen atoms in total. The highest BCUT2D eigenvalue weighted by molar-refractivity contribution is 7.99. The van der Waals surface area contributed by atoms with Crippen molar-refractivity contribution in [1.29, 1.82) is 0 Å². The molecule has 1 aliphatic rings. The number of benzene rings is 3. The fourth-order valence-corrected chi connectivity index (χ4v) is 7.01. The lowest BCUT2D eigenvalue weighted by molar-refractivity contribution is -0.138. The van der Waals surface area contributed by atoms with E-state index in [-0.39, 0.29) is 17.8 Å². The molecule has 1 aliphatic carbocycles. The van der Waals surface area contributed by atoms with Crippen molar-refractivity contribution in [3.63, 3.8) is 0 Å². The van der Waals surface area contributed by atoms with Crippen LogP contribution in [0.15, 0.2) is 78.9 Å². The third-order valence-electron chi connectivity index (χ3n) is 7.99. The number of aliphatic hydroxyl groups is 1. The van der Waals surface area contributed by atoms with Crippen molar-refractivity contribution in [2.75, 3.05) is 11.5 Å². The van der Waals surface area contributed by atoms with Gasteiger partial charge in [0.1, 0.15) is 0 Å². The van der Waals surface area contributed by atoms with Crippen LogP contribution in [0.25, 0.3) is 23.1 Å². The molecule has 4 aromatic rings. The van der Waals surface area contributed by atoms with Gasteiger partial charge in [-0.2, -0.15) is 11.8 Å². The first-order chi connectivity index (χ1) is 19.9. The minimum atomic E-state index is -0.698. The first kappa shape index (κ1) is 29.4. The molecule has 1 saturated carbocycles. The topological polar surface area (TPSA) is 70.4 Å². The summed E-state index contributed by atoms with van der Waals surface area (Å²) in [6.07, 6.45) is 7.44. The number of aromatic nitrogens is 1. The third-order valence-corrected chi connectivity index (χ3v) is 9.57. The molecule has 0 bridgehead atoms. The zero-order chi connectivity index (χ0) is 28.8. The van der Waals surface area contributed by atoms with Gasteiger partial charge in [0, 0.05) is 16.3 Å². The molecule has 2 unspecified atom stereocenters. The molecule has 41 heavy (non-hydrogen) atoms. The molecule has 1 heterocycles. The predicted molar refractivity (Wildman–Crippen MR) is 172 cm³/mol. The monoisotopic (exact) mass is 585 g/mol. The lowest BCUT2D eigenvalue weighted by Gasteiger charge is -2.24. The quantitative estimate of drug-likeness (QED) is 0.153. The second kappa shape index (κ2) is 13.2. The Morgan fingerprint density at radius 2 is 1.80 bits per heavy atom.